The zero-order valence-electron chi connectivity index (χ0n) is 8.03. The predicted octanol–water partition coefficient (Wildman–Crippen LogP) is 2.22. The van der Waals surface area contributed by atoms with Gasteiger partial charge in [0.1, 0.15) is 5.60 Å². The van der Waals surface area contributed by atoms with Gasteiger partial charge in [0.15, 0.2) is 6.29 Å². The molecule has 0 aliphatic rings. The molecule has 0 saturated carbocycles. The van der Waals surface area contributed by atoms with Gasteiger partial charge in [0.2, 0.25) is 0 Å². The van der Waals surface area contributed by atoms with Crippen molar-refractivity contribution in [1.29, 1.82) is 0 Å². The Hall–Kier alpha value is -0.860. The van der Waals surface area contributed by atoms with E-state index >= 15 is 0 Å². The Bertz CT molecular complexity index is 321. The number of halogens is 1. The maximum absolute atomic E-state index is 10.4. The van der Waals surface area contributed by atoms with Crippen LogP contribution in [0.15, 0.2) is 24.3 Å². The van der Waals surface area contributed by atoms with Crippen LogP contribution in [0.2, 0.25) is 5.02 Å². The lowest BCUT2D eigenvalue weighted by Crippen LogP contribution is -2.26. The number of hydrogen-bond acceptors (Lipinski definition) is 2. The fourth-order valence-electron chi connectivity index (χ4n) is 1.15. The zero-order chi connectivity index (χ0) is 10.6. The molecular formula is C11H13ClO2. The van der Waals surface area contributed by atoms with Crippen molar-refractivity contribution in [2.75, 3.05) is 0 Å². The molecule has 1 aromatic carbocycles. The first-order chi connectivity index (χ1) is 6.53. The van der Waals surface area contributed by atoms with E-state index in [9.17, 15) is 9.90 Å². The minimum atomic E-state index is -1.23. The van der Waals surface area contributed by atoms with Gasteiger partial charge >= 0.3 is 0 Å². The first-order valence-corrected chi connectivity index (χ1v) is 4.84. The minimum Gasteiger partial charge on any atom is -0.383 e. The van der Waals surface area contributed by atoms with E-state index in [-0.39, 0.29) is 0 Å². The van der Waals surface area contributed by atoms with Crippen molar-refractivity contribution in [3.8, 4) is 0 Å². The van der Waals surface area contributed by atoms with E-state index in [4.69, 9.17) is 11.6 Å². The van der Waals surface area contributed by atoms with Gasteiger partial charge in [0.05, 0.1) is 0 Å². The van der Waals surface area contributed by atoms with Gasteiger partial charge in [0, 0.05) is 5.02 Å². The molecule has 0 aliphatic heterocycles. The number of carbonyl (C=O) groups is 1. The number of rotatable bonds is 4. The van der Waals surface area contributed by atoms with Crippen LogP contribution in [0.3, 0.4) is 0 Å². The highest BCUT2D eigenvalue weighted by molar-refractivity contribution is 6.30. The highest BCUT2D eigenvalue weighted by Gasteiger charge is 2.18. The second-order valence-electron chi connectivity index (χ2n) is 3.60. The third-order valence-electron chi connectivity index (χ3n) is 2.06. The average Bonchev–Trinajstić information content (AvgIpc) is 2.15. The Morgan fingerprint density at radius 1 is 1.57 bits per heavy atom. The summed E-state index contributed by atoms with van der Waals surface area (Å²) in [5.41, 5.74) is -0.206. The van der Waals surface area contributed by atoms with Crippen molar-refractivity contribution in [3.05, 3.63) is 34.9 Å². The molecule has 0 spiro atoms. The van der Waals surface area contributed by atoms with Gasteiger partial charge in [-0.15, -0.1) is 0 Å². The molecule has 76 valence electrons. The molecule has 1 atom stereocenters. The Balaban J connectivity index is 2.58. The largest absolute Gasteiger partial charge is 0.383 e. The van der Waals surface area contributed by atoms with Gasteiger partial charge in [-0.3, -0.25) is 0 Å². The summed E-state index contributed by atoms with van der Waals surface area (Å²) in [6.45, 7) is 1.50. The van der Waals surface area contributed by atoms with E-state index in [0.717, 1.165) is 5.56 Å². The summed E-state index contributed by atoms with van der Waals surface area (Å²) in [4.78, 5) is 10.4. The summed E-state index contributed by atoms with van der Waals surface area (Å²) in [7, 11) is 0. The molecule has 1 aromatic rings. The summed E-state index contributed by atoms with van der Waals surface area (Å²) >= 11 is 5.80. The third-order valence-corrected chi connectivity index (χ3v) is 2.30. The molecule has 1 unspecified atom stereocenters. The molecule has 0 aromatic heterocycles. The first-order valence-electron chi connectivity index (χ1n) is 4.47. The molecule has 0 saturated heterocycles. The number of benzene rings is 1. The van der Waals surface area contributed by atoms with Crippen molar-refractivity contribution >= 4 is 17.9 Å². The fourth-order valence-corrected chi connectivity index (χ4v) is 1.36. The second kappa shape index (κ2) is 4.58. The van der Waals surface area contributed by atoms with Crippen molar-refractivity contribution in [3.63, 3.8) is 0 Å². The molecule has 0 fully saturated rings. The molecule has 1 rings (SSSR count). The third kappa shape index (κ3) is 3.48. The van der Waals surface area contributed by atoms with Crippen LogP contribution >= 0.6 is 11.6 Å². The Morgan fingerprint density at radius 3 is 2.86 bits per heavy atom. The lowest BCUT2D eigenvalue weighted by Gasteiger charge is -2.14. The zero-order valence-corrected chi connectivity index (χ0v) is 8.79. The van der Waals surface area contributed by atoms with Crippen LogP contribution in [0.5, 0.6) is 0 Å². The van der Waals surface area contributed by atoms with Crippen molar-refractivity contribution in [2.24, 2.45) is 0 Å². The SMILES string of the molecule is CC(O)(C=O)CCc1cccc(Cl)c1. The fraction of sp³-hybridized carbons (Fsp3) is 0.364. The number of aryl methyl sites for hydroxylation is 1. The smallest absolute Gasteiger partial charge is 0.151 e. The monoisotopic (exact) mass is 212 g/mol. The van der Waals surface area contributed by atoms with E-state index in [0.29, 0.717) is 24.2 Å². The molecule has 2 nitrogen and oxygen atoms in total. The minimum absolute atomic E-state index is 0.414. The van der Waals surface area contributed by atoms with Gasteiger partial charge in [-0.25, -0.2) is 0 Å². The number of aldehydes is 1. The normalized spacial score (nSPS) is 14.8. The Labute approximate surface area is 88.5 Å². The van der Waals surface area contributed by atoms with Crippen LogP contribution < -0.4 is 0 Å². The van der Waals surface area contributed by atoms with Crippen LogP contribution in [-0.2, 0) is 11.2 Å². The summed E-state index contributed by atoms with van der Waals surface area (Å²) in [6.07, 6.45) is 1.63. The van der Waals surface area contributed by atoms with Crippen molar-refractivity contribution < 1.29 is 9.90 Å². The van der Waals surface area contributed by atoms with E-state index < -0.39 is 5.60 Å². The highest BCUT2D eigenvalue weighted by atomic mass is 35.5. The van der Waals surface area contributed by atoms with E-state index in [2.05, 4.69) is 0 Å². The quantitative estimate of drug-likeness (QED) is 0.778. The van der Waals surface area contributed by atoms with Gasteiger partial charge < -0.3 is 9.90 Å². The molecule has 1 N–H and O–H groups in total. The molecule has 14 heavy (non-hydrogen) atoms. The lowest BCUT2D eigenvalue weighted by atomic mass is 9.98. The van der Waals surface area contributed by atoms with E-state index in [1.807, 2.05) is 18.2 Å². The van der Waals surface area contributed by atoms with Crippen LogP contribution in [0.4, 0.5) is 0 Å². The van der Waals surface area contributed by atoms with Gasteiger partial charge in [-0.2, -0.15) is 0 Å². The summed E-state index contributed by atoms with van der Waals surface area (Å²) < 4.78 is 0. The highest BCUT2D eigenvalue weighted by Crippen LogP contribution is 2.15. The second-order valence-corrected chi connectivity index (χ2v) is 4.04. The van der Waals surface area contributed by atoms with Crippen LogP contribution in [-0.4, -0.2) is 17.0 Å². The molecular weight excluding hydrogens is 200 g/mol. The predicted molar refractivity (Wildman–Crippen MR) is 56.5 cm³/mol. The topological polar surface area (TPSA) is 37.3 Å². The van der Waals surface area contributed by atoms with Crippen LogP contribution in [0.25, 0.3) is 0 Å². The maximum Gasteiger partial charge on any atom is 0.151 e. The van der Waals surface area contributed by atoms with E-state index in [1.165, 1.54) is 6.92 Å². The van der Waals surface area contributed by atoms with Crippen molar-refractivity contribution in [1.82, 2.24) is 0 Å². The first kappa shape index (κ1) is 11.2. The van der Waals surface area contributed by atoms with Gasteiger partial charge in [-0.1, -0.05) is 23.7 Å². The summed E-state index contributed by atoms with van der Waals surface area (Å²) in [5.74, 6) is 0. The lowest BCUT2D eigenvalue weighted by molar-refractivity contribution is -0.122. The average molecular weight is 213 g/mol. The molecule has 0 heterocycles. The standard InChI is InChI=1S/C11H13ClO2/c1-11(14,8-13)6-5-9-3-2-4-10(12)7-9/h2-4,7-8,14H,5-6H2,1H3. The number of hydrogen-bond donors (Lipinski definition) is 1. The Kier molecular flexibility index (Phi) is 3.67. The molecule has 0 bridgehead atoms. The number of aliphatic hydroxyl groups is 1. The number of carbonyl (C=O) groups excluding carboxylic acids is 1. The molecule has 3 heteroatoms. The Morgan fingerprint density at radius 2 is 2.29 bits per heavy atom. The summed E-state index contributed by atoms with van der Waals surface area (Å²) in [5, 5.41) is 10.1. The van der Waals surface area contributed by atoms with Crippen LogP contribution in [0, 0.1) is 0 Å². The van der Waals surface area contributed by atoms with Gasteiger partial charge in [-0.05, 0) is 37.5 Å². The van der Waals surface area contributed by atoms with Crippen LogP contribution in [0.1, 0.15) is 18.9 Å². The van der Waals surface area contributed by atoms with Crippen molar-refractivity contribution in [2.45, 2.75) is 25.4 Å². The molecule has 0 radical (unpaired) electrons. The molecule has 0 amide bonds. The maximum atomic E-state index is 10.4. The molecule has 0 aliphatic carbocycles. The van der Waals surface area contributed by atoms with Gasteiger partial charge in [0.25, 0.3) is 0 Å². The van der Waals surface area contributed by atoms with E-state index in [1.54, 1.807) is 6.07 Å². The summed E-state index contributed by atoms with van der Waals surface area (Å²) in [6, 6.07) is 7.41.